The van der Waals surface area contributed by atoms with Crippen LogP contribution in [0.1, 0.15) is 5.56 Å². The maximum Gasteiger partial charge on any atom is 0.184 e. The summed E-state index contributed by atoms with van der Waals surface area (Å²) in [7, 11) is -3.84. The van der Waals surface area contributed by atoms with Gasteiger partial charge in [0.25, 0.3) is 0 Å². The van der Waals surface area contributed by atoms with Gasteiger partial charge in [-0.25, -0.2) is 17.2 Å². The molecule has 0 bridgehead atoms. The Hall–Kier alpha value is -1.66. The Bertz CT molecular complexity index is 763. The molecule has 0 heterocycles. The molecule has 2 rings (SSSR count). The van der Waals surface area contributed by atoms with Crippen LogP contribution in [-0.4, -0.2) is 8.42 Å². The Kier molecular flexibility index (Phi) is 3.96. The molecule has 0 aliphatic heterocycles. The van der Waals surface area contributed by atoms with E-state index in [9.17, 15) is 17.2 Å². The van der Waals surface area contributed by atoms with Crippen molar-refractivity contribution in [2.45, 2.75) is 10.6 Å². The summed E-state index contributed by atoms with van der Waals surface area (Å²) < 4.78 is 50.6. The fourth-order valence-electron chi connectivity index (χ4n) is 1.74. The van der Waals surface area contributed by atoms with Crippen molar-refractivity contribution >= 4 is 27.1 Å². The van der Waals surface area contributed by atoms with Crippen LogP contribution >= 0.6 is 11.6 Å². The van der Waals surface area contributed by atoms with E-state index in [0.29, 0.717) is 0 Å². The molecule has 0 aliphatic carbocycles. The van der Waals surface area contributed by atoms with Crippen molar-refractivity contribution in [1.82, 2.24) is 0 Å². The molecule has 106 valence electrons. The second-order valence-corrected chi connectivity index (χ2v) is 6.49. The molecule has 2 aromatic carbocycles. The molecule has 0 fully saturated rings. The van der Waals surface area contributed by atoms with E-state index < -0.39 is 27.2 Å². The van der Waals surface area contributed by atoms with Crippen molar-refractivity contribution in [2.24, 2.45) is 0 Å². The molecule has 0 saturated carbocycles. The average Bonchev–Trinajstić information content (AvgIpc) is 2.34. The van der Waals surface area contributed by atoms with Gasteiger partial charge in [-0.05, 0) is 29.8 Å². The first-order chi connectivity index (χ1) is 9.31. The normalized spacial score (nSPS) is 11.6. The van der Waals surface area contributed by atoms with E-state index in [1.807, 2.05) is 0 Å². The molecule has 0 aliphatic rings. The molecule has 20 heavy (non-hydrogen) atoms. The maximum atomic E-state index is 13.3. The molecule has 0 unspecified atom stereocenters. The number of benzene rings is 2. The van der Waals surface area contributed by atoms with Gasteiger partial charge in [0.05, 0.1) is 21.4 Å². The van der Waals surface area contributed by atoms with E-state index in [2.05, 4.69) is 0 Å². The van der Waals surface area contributed by atoms with E-state index in [-0.39, 0.29) is 21.2 Å². The van der Waals surface area contributed by atoms with E-state index in [1.165, 1.54) is 12.1 Å². The van der Waals surface area contributed by atoms with E-state index >= 15 is 0 Å². The summed E-state index contributed by atoms with van der Waals surface area (Å²) in [6.07, 6.45) is 0. The van der Waals surface area contributed by atoms with Crippen molar-refractivity contribution in [1.29, 1.82) is 0 Å². The zero-order valence-corrected chi connectivity index (χ0v) is 11.7. The second-order valence-electron chi connectivity index (χ2n) is 4.15. The Morgan fingerprint density at radius 1 is 1.15 bits per heavy atom. The fraction of sp³-hybridized carbons (Fsp3) is 0.0769. The van der Waals surface area contributed by atoms with Gasteiger partial charge in [-0.1, -0.05) is 23.7 Å². The highest BCUT2D eigenvalue weighted by atomic mass is 35.5. The summed E-state index contributed by atoms with van der Waals surface area (Å²) >= 11 is 5.72. The van der Waals surface area contributed by atoms with Gasteiger partial charge in [-0.3, -0.25) is 0 Å². The highest BCUT2D eigenvalue weighted by Crippen LogP contribution is 2.27. The summed E-state index contributed by atoms with van der Waals surface area (Å²) in [5, 5.41) is -0.253. The van der Waals surface area contributed by atoms with E-state index in [0.717, 1.165) is 24.3 Å². The second kappa shape index (κ2) is 5.38. The maximum absolute atomic E-state index is 13.3. The van der Waals surface area contributed by atoms with Gasteiger partial charge in [0.2, 0.25) is 0 Å². The van der Waals surface area contributed by atoms with Crippen LogP contribution in [0.4, 0.5) is 14.5 Å². The van der Waals surface area contributed by atoms with Crippen LogP contribution in [0.15, 0.2) is 41.3 Å². The van der Waals surface area contributed by atoms with Crippen LogP contribution in [0.5, 0.6) is 0 Å². The molecule has 7 heteroatoms. The third-order valence-corrected chi connectivity index (χ3v) is 4.84. The molecule has 0 spiro atoms. The van der Waals surface area contributed by atoms with Crippen LogP contribution in [0, 0.1) is 11.6 Å². The predicted molar refractivity (Wildman–Crippen MR) is 73.1 cm³/mol. The Morgan fingerprint density at radius 3 is 2.50 bits per heavy atom. The van der Waals surface area contributed by atoms with Crippen molar-refractivity contribution in [3.8, 4) is 0 Å². The van der Waals surface area contributed by atoms with Crippen LogP contribution in [0.3, 0.4) is 0 Å². The summed E-state index contributed by atoms with van der Waals surface area (Å²) in [4.78, 5) is -0.209. The van der Waals surface area contributed by atoms with Crippen molar-refractivity contribution in [3.05, 3.63) is 58.6 Å². The SMILES string of the molecule is Nc1cc(F)ccc1S(=O)(=O)Cc1cccc(F)c1Cl. The van der Waals surface area contributed by atoms with Gasteiger partial charge in [-0.2, -0.15) is 0 Å². The molecule has 3 nitrogen and oxygen atoms in total. The topological polar surface area (TPSA) is 60.2 Å². The van der Waals surface area contributed by atoms with Crippen LogP contribution in [-0.2, 0) is 15.6 Å². The quantitative estimate of drug-likeness (QED) is 0.698. The standard InChI is InChI=1S/C13H10ClF2NO2S/c14-13-8(2-1-3-10(13)16)7-20(18,19)12-5-4-9(15)6-11(12)17/h1-6H,7,17H2. The minimum absolute atomic E-state index is 0.121. The summed E-state index contributed by atoms with van der Waals surface area (Å²) in [5.41, 5.74) is 5.43. The summed E-state index contributed by atoms with van der Waals surface area (Å²) in [5.74, 6) is -1.85. The summed E-state index contributed by atoms with van der Waals surface area (Å²) in [6.45, 7) is 0. The lowest BCUT2D eigenvalue weighted by molar-refractivity contribution is 0.594. The Labute approximate surface area is 119 Å². The molecule has 0 atom stereocenters. The molecule has 0 amide bonds. The zero-order valence-electron chi connectivity index (χ0n) is 10.1. The number of nitrogen functional groups attached to an aromatic ring is 1. The van der Waals surface area contributed by atoms with Gasteiger partial charge >= 0.3 is 0 Å². The van der Waals surface area contributed by atoms with Crippen molar-refractivity contribution in [3.63, 3.8) is 0 Å². The molecule has 0 radical (unpaired) electrons. The smallest absolute Gasteiger partial charge is 0.184 e. The molecular formula is C13H10ClF2NO2S. The molecule has 0 saturated heterocycles. The van der Waals surface area contributed by atoms with Crippen LogP contribution < -0.4 is 5.73 Å². The zero-order chi connectivity index (χ0) is 14.9. The Balaban J connectivity index is 2.44. The summed E-state index contributed by atoms with van der Waals surface area (Å²) in [6, 6.07) is 6.89. The highest BCUT2D eigenvalue weighted by molar-refractivity contribution is 7.90. The third-order valence-electron chi connectivity index (χ3n) is 2.68. The van der Waals surface area contributed by atoms with Crippen molar-refractivity contribution < 1.29 is 17.2 Å². The first-order valence-corrected chi connectivity index (χ1v) is 7.55. The fourth-order valence-corrected chi connectivity index (χ4v) is 3.52. The first kappa shape index (κ1) is 14.7. The van der Waals surface area contributed by atoms with Gasteiger partial charge in [-0.15, -0.1) is 0 Å². The van der Waals surface area contributed by atoms with Gasteiger partial charge in [0.15, 0.2) is 9.84 Å². The highest BCUT2D eigenvalue weighted by Gasteiger charge is 2.21. The predicted octanol–water partition coefficient (Wildman–Crippen LogP) is 3.17. The minimum atomic E-state index is -3.84. The number of nitrogens with two attached hydrogens (primary N) is 1. The van der Waals surface area contributed by atoms with Gasteiger partial charge in [0.1, 0.15) is 11.6 Å². The molecule has 2 aromatic rings. The van der Waals surface area contributed by atoms with Gasteiger partial charge in [0, 0.05) is 0 Å². The number of sulfone groups is 1. The van der Waals surface area contributed by atoms with Crippen molar-refractivity contribution in [2.75, 3.05) is 5.73 Å². The lowest BCUT2D eigenvalue weighted by atomic mass is 10.2. The molecule has 2 N–H and O–H groups in total. The minimum Gasteiger partial charge on any atom is -0.398 e. The lowest BCUT2D eigenvalue weighted by Crippen LogP contribution is -2.09. The van der Waals surface area contributed by atoms with Crippen LogP contribution in [0.2, 0.25) is 5.02 Å². The van der Waals surface area contributed by atoms with Crippen LogP contribution in [0.25, 0.3) is 0 Å². The van der Waals surface area contributed by atoms with E-state index in [1.54, 1.807) is 0 Å². The van der Waals surface area contributed by atoms with Gasteiger partial charge < -0.3 is 5.73 Å². The molecule has 0 aromatic heterocycles. The largest absolute Gasteiger partial charge is 0.398 e. The number of hydrogen-bond acceptors (Lipinski definition) is 3. The first-order valence-electron chi connectivity index (χ1n) is 5.52. The lowest BCUT2D eigenvalue weighted by Gasteiger charge is -2.09. The Morgan fingerprint density at radius 2 is 1.85 bits per heavy atom. The number of hydrogen-bond donors (Lipinski definition) is 1. The average molecular weight is 318 g/mol. The monoisotopic (exact) mass is 317 g/mol. The van der Waals surface area contributed by atoms with E-state index in [4.69, 9.17) is 17.3 Å². The number of halogens is 3. The number of rotatable bonds is 3. The number of anilines is 1. The molecular weight excluding hydrogens is 308 g/mol. The third kappa shape index (κ3) is 2.91.